The molecule has 4 amide bonds. The number of carbonyl (C=O) groups excluding carboxylic acids is 4. The first-order chi connectivity index (χ1) is 18.4. The van der Waals surface area contributed by atoms with Crippen LogP contribution < -0.4 is 33.6 Å². The van der Waals surface area contributed by atoms with E-state index in [9.17, 15) is 34.2 Å². The molecular weight excluding hydrogens is 512 g/mol. The van der Waals surface area contributed by atoms with Gasteiger partial charge in [0.25, 0.3) is 0 Å². The van der Waals surface area contributed by atoms with Crippen LogP contribution in [0.25, 0.3) is 0 Å². The number of phenols is 1. The minimum Gasteiger partial charge on any atom is -0.508 e. The molecule has 0 spiro atoms. The van der Waals surface area contributed by atoms with Crippen LogP contribution in [0, 0.1) is 0 Å². The van der Waals surface area contributed by atoms with E-state index < -0.39 is 60.2 Å². The van der Waals surface area contributed by atoms with Crippen LogP contribution in [0.15, 0.2) is 29.3 Å². The summed E-state index contributed by atoms with van der Waals surface area (Å²) in [6, 6.07) is 1.27. The van der Waals surface area contributed by atoms with E-state index >= 15 is 0 Å². The lowest BCUT2D eigenvalue weighted by Crippen LogP contribution is -2.57. The molecule has 1 aromatic rings. The summed E-state index contributed by atoms with van der Waals surface area (Å²) < 4.78 is 0. The Morgan fingerprint density at radius 2 is 1.67 bits per heavy atom. The maximum atomic E-state index is 13.5. The molecule has 0 radical (unpaired) electrons. The molecule has 1 fully saturated rings. The maximum absolute atomic E-state index is 13.5. The predicted octanol–water partition coefficient (Wildman–Crippen LogP) is -2.76. The number of nitrogens with zero attached hydrogens (tertiary/aromatic N) is 2. The Kier molecular flexibility index (Phi) is 11.5. The Morgan fingerprint density at radius 1 is 1.03 bits per heavy atom. The lowest BCUT2D eigenvalue weighted by Gasteiger charge is -2.29. The highest BCUT2D eigenvalue weighted by Crippen LogP contribution is 2.20. The molecule has 0 bridgehead atoms. The van der Waals surface area contributed by atoms with Gasteiger partial charge in [-0.05, 0) is 43.4 Å². The van der Waals surface area contributed by atoms with Crippen molar-refractivity contribution < 1.29 is 34.2 Å². The molecule has 214 valence electrons. The molecule has 1 aliphatic heterocycles. The van der Waals surface area contributed by atoms with Crippen molar-refractivity contribution in [3.05, 3.63) is 29.8 Å². The first-order valence-corrected chi connectivity index (χ1v) is 12.4. The molecule has 2 rings (SSSR count). The number of amides is 4. The van der Waals surface area contributed by atoms with Crippen LogP contribution in [0.4, 0.5) is 0 Å². The molecule has 1 heterocycles. The van der Waals surface area contributed by atoms with Crippen LogP contribution in [0.3, 0.4) is 0 Å². The van der Waals surface area contributed by atoms with Crippen molar-refractivity contribution in [1.82, 2.24) is 15.5 Å². The number of carbonyl (C=O) groups is 5. The number of guanidine groups is 1. The van der Waals surface area contributed by atoms with Gasteiger partial charge in [-0.2, -0.15) is 0 Å². The smallest absolute Gasteiger partial charge is 0.326 e. The molecular formula is C24H36N8O7. The fourth-order valence-electron chi connectivity index (χ4n) is 4.19. The second kappa shape index (κ2) is 14.5. The SMILES string of the molecule is NC(=O)CC(N)C(=O)NC(CCCN=C(N)N)C(=O)NC(Cc1ccc(O)cc1)C(=O)N1CCCC1C(=O)O. The van der Waals surface area contributed by atoms with Gasteiger partial charge in [0.1, 0.15) is 23.9 Å². The molecule has 39 heavy (non-hydrogen) atoms. The van der Waals surface area contributed by atoms with Gasteiger partial charge in [-0.15, -0.1) is 0 Å². The summed E-state index contributed by atoms with van der Waals surface area (Å²) in [5, 5.41) is 24.2. The van der Waals surface area contributed by atoms with Gasteiger partial charge in [-0.1, -0.05) is 12.1 Å². The number of benzene rings is 1. The molecule has 0 aliphatic carbocycles. The van der Waals surface area contributed by atoms with Crippen LogP contribution in [0.1, 0.15) is 37.7 Å². The molecule has 4 atom stereocenters. The summed E-state index contributed by atoms with van der Waals surface area (Å²) in [6.07, 6.45) is 0.640. The molecule has 1 aliphatic rings. The second-order valence-electron chi connectivity index (χ2n) is 9.25. The van der Waals surface area contributed by atoms with Crippen LogP contribution in [0.5, 0.6) is 5.75 Å². The summed E-state index contributed by atoms with van der Waals surface area (Å²) in [4.78, 5) is 67.3. The number of hydrogen-bond acceptors (Lipinski definition) is 8. The minimum absolute atomic E-state index is 0.00648. The van der Waals surface area contributed by atoms with E-state index in [0.29, 0.717) is 12.0 Å². The Bertz CT molecular complexity index is 1070. The molecule has 15 nitrogen and oxygen atoms in total. The molecule has 0 saturated carbocycles. The molecule has 15 heteroatoms. The summed E-state index contributed by atoms with van der Waals surface area (Å²) >= 11 is 0. The van der Waals surface area contributed by atoms with Gasteiger partial charge in [0.05, 0.1) is 12.5 Å². The predicted molar refractivity (Wildman–Crippen MR) is 140 cm³/mol. The van der Waals surface area contributed by atoms with Crippen molar-refractivity contribution in [3.8, 4) is 5.75 Å². The lowest BCUT2D eigenvalue weighted by molar-refractivity contribution is -0.149. The quantitative estimate of drug-likeness (QED) is 0.0673. The molecule has 4 unspecified atom stereocenters. The van der Waals surface area contributed by atoms with Crippen molar-refractivity contribution in [2.45, 2.75) is 62.7 Å². The van der Waals surface area contributed by atoms with Gasteiger partial charge < -0.3 is 48.7 Å². The van der Waals surface area contributed by atoms with Gasteiger partial charge in [0.2, 0.25) is 23.6 Å². The van der Waals surface area contributed by atoms with Crippen LogP contribution >= 0.6 is 0 Å². The Morgan fingerprint density at radius 3 is 2.26 bits per heavy atom. The second-order valence-corrected chi connectivity index (χ2v) is 9.25. The third-order valence-corrected chi connectivity index (χ3v) is 6.15. The average Bonchev–Trinajstić information content (AvgIpc) is 3.36. The van der Waals surface area contributed by atoms with E-state index in [0.717, 1.165) is 0 Å². The van der Waals surface area contributed by atoms with Crippen molar-refractivity contribution >= 4 is 35.6 Å². The first-order valence-electron chi connectivity index (χ1n) is 12.4. The van der Waals surface area contributed by atoms with Crippen LogP contribution in [0.2, 0.25) is 0 Å². The summed E-state index contributed by atoms with van der Waals surface area (Å²) in [6.45, 7) is 0.359. The number of carboxylic acid groups (broad SMARTS) is 1. The largest absolute Gasteiger partial charge is 0.508 e. The van der Waals surface area contributed by atoms with Crippen molar-refractivity contribution in [2.75, 3.05) is 13.1 Å². The third kappa shape index (κ3) is 9.77. The normalized spacial score (nSPS) is 16.9. The third-order valence-electron chi connectivity index (χ3n) is 6.15. The number of nitrogens with two attached hydrogens (primary N) is 4. The van der Waals surface area contributed by atoms with E-state index in [1.165, 1.54) is 17.0 Å². The monoisotopic (exact) mass is 548 g/mol. The van der Waals surface area contributed by atoms with Crippen LogP contribution in [-0.2, 0) is 30.4 Å². The first kappa shape index (κ1) is 30.8. The van der Waals surface area contributed by atoms with Crippen molar-refractivity contribution in [1.29, 1.82) is 0 Å². The number of aliphatic carboxylic acids is 1. The number of primary amides is 1. The fourth-order valence-corrected chi connectivity index (χ4v) is 4.19. The van der Waals surface area contributed by atoms with Crippen molar-refractivity contribution in [2.24, 2.45) is 27.9 Å². The van der Waals surface area contributed by atoms with E-state index in [-0.39, 0.29) is 50.5 Å². The number of phenolic OH excluding ortho intramolecular Hbond substituents is 1. The zero-order valence-electron chi connectivity index (χ0n) is 21.4. The Hall–Kier alpha value is -4.40. The highest BCUT2D eigenvalue weighted by Gasteiger charge is 2.38. The topological polar surface area (TPSA) is 270 Å². The number of aromatic hydroxyl groups is 1. The highest BCUT2D eigenvalue weighted by molar-refractivity contribution is 5.95. The number of rotatable bonds is 14. The Balaban J connectivity index is 2.28. The number of aliphatic imine (C=N–C) groups is 1. The lowest BCUT2D eigenvalue weighted by atomic mass is 10.0. The number of carboxylic acids is 1. The molecule has 1 saturated heterocycles. The number of nitrogens with one attached hydrogen (secondary N) is 2. The minimum atomic E-state index is -1.30. The highest BCUT2D eigenvalue weighted by atomic mass is 16.4. The van der Waals surface area contributed by atoms with Crippen molar-refractivity contribution in [3.63, 3.8) is 0 Å². The Labute approximate surface area is 225 Å². The van der Waals surface area contributed by atoms with E-state index in [1.54, 1.807) is 12.1 Å². The fraction of sp³-hybridized carbons (Fsp3) is 0.500. The van der Waals surface area contributed by atoms with Gasteiger partial charge in [-0.25, -0.2) is 4.79 Å². The average molecular weight is 549 g/mol. The molecule has 1 aromatic carbocycles. The van der Waals surface area contributed by atoms with Gasteiger partial charge in [0, 0.05) is 19.5 Å². The number of likely N-dealkylation sites (tertiary alicyclic amines) is 1. The van der Waals surface area contributed by atoms with Gasteiger partial charge in [0.15, 0.2) is 5.96 Å². The van der Waals surface area contributed by atoms with E-state index in [4.69, 9.17) is 22.9 Å². The molecule has 12 N–H and O–H groups in total. The zero-order valence-corrected chi connectivity index (χ0v) is 21.4. The maximum Gasteiger partial charge on any atom is 0.326 e. The van der Waals surface area contributed by atoms with E-state index in [2.05, 4.69) is 15.6 Å². The van der Waals surface area contributed by atoms with Gasteiger partial charge >= 0.3 is 5.97 Å². The standard InChI is InChI=1S/C24H36N8O7/c25-15(12-19(26)34)20(35)30-16(3-1-9-29-24(27)28)21(36)31-17(11-13-5-7-14(33)8-6-13)22(37)32-10-2-4-18(32)23(38)39/h5-8,15-18,33H,1-4,9-12,25H2,(H2,26,34)(H,30,35)(H,31,36)(H,38,39)(H4,27,28,29). The van der Waals surface area contributed by atoms with Crippen LogP contribution in [-0.4, -0.2) is 87.9 Å². The molecule has 0 aromatic heterocycles. The summed E-state index contributed by atoms with van der Waals surface area (Å²) in [7, 11) is 0. The van der Waals surface area contributed by atoms with E-state index in [1.807, 2.05) is 0 Å². The number of hydrogen-bond donors (Lipinski definition) is 8. The summed E-state index contributed by atoms with van der Waals surface area (Å²) in [5.41, 5.74) is 22.1. The zero-order chi connectivity index (χ0) is 29.1. The van der Waals surface area contributed by atoms with Gasteiger partial charge in [-0.3, -0.25) is 24.2 Å². The summed E-state index contributed by atoms with van der Waals surface area (Å²) in [5.74, 6) is -4.23.